The fourth-order valence-electron chi connectivity index (χ4n) is 1.17. The molecule has 1 saturated carbocycles. The molecule has 1 fully saturated rings. The average Bonchev–Trinajstić information content (AvgIpc) is 2.46. The SMILES string of the molecule is FC1[C@H]2C=CC=C[C@@H]12. The maximum atomic E-state index is 12.4. The van der Waals surface area contributed by atoms with Crippen LogP contribution in [0.2, 0.25) is 0 Å². The quantitative estimate of drug-likeness (QED) is 0.445. The van der Waals surface area contributed by atoms with Gasteiger partial charge in [-0.15, -0.1) is 0 Å². The number of hydrogen-bond acceptors (Lipinski definition) is 0. The molecule has 0 aromatic heterocycles. The first kappa shape index (κ1) is 4.30. The van der Waals surface area contributed by atoms with Gasteiger partial charge in [0, 0.05) is 11.8 Å². The van der Waals surface area contributed by atoms with E-state index < -0.39 is 6.17 Å². The van der Waals surface area contributed by atoms with Crippen molar-refractivity contribution in [2.75, 3.05) is 0 Å². The Bertz CT molecular complexity index is 140. The summed E-state index contributed by atoms with van der Waals surface area (Å²) in [7, 11) is 0. The minimum absolute atomic E-state index is 0.236. The van der Waals surface area contributed by atoms with E-state index in [-0.39, 0.29) is 11.8 Å². The van der Waals surface area contributed by atoms with Gasteiger partial charge in [0.05, 0.1) is 0 Å². The van der Waals surface area contributed by atoms with Crippen LogP contribution in [-0.4, -0.2) is 6.17 Å². The highest BCUT2D eigenvalue weighted by atomic mass is 19.1. The van der Waals surface area contributed by atoms with E-state index in [1.807, 2.05) is 24.3 Å². The lowest BCUT2D eigenvalue weighted by Gasteiger charge is -1.85. The maximum Gasteiger partial charge on any atom is 0.114 e. The number of hydrogen-bond donors (Lipinski definition) is 0. The average molecular weight is 110 g/mol. The molecule has 0 saturated heterocycles. The molecule has 3 atom stereocenters. The number of allylic oxidation sites excluding steroid dienone is 4. The van der Waals surface area contributed by atoms with Gasteiger partial charge in [-0.05, 0) is 0 Å². The smallest absolute Gasteiger partial charge is 0.114 e. The molecule has 2 aliphatic carbocycles. The number of fused-ring (bicyclic) bond motifs is 1. The third-order valence-corrected chi connectivity index (χ3v) is 1.82. The Kier molecular flexibility index (Phi) is 0.655. The minimum Gasteiger partial charge on any atom is -0.246 e. The van der Waals surface area contributed by atoms with E-state index in [2.05, 4.69) is 0 Å². The summed E-state index contributed by atoms with van der Waals surface area (Å²) in [5.41, 5.74) is 0. The van der Waals surface area contributed by atoms with Crippen LogP contribution in [0.25, 0.3) is 0 Å². The second-order valence-corrected chi connectivity index (χ2v) is 2.37. The summed E-state index contributed by atoms with van der Waals surface area (Å²) in [4.78, 5) is 0. The summed E-state index contributed by atoms with van der Waals surface area (Å²) in [6.45, 7) is 0. The van der Waals surface area contributed by atoms with E-state index in [4.69, 9.17) is 0 Å². The molecule has 0 nitrogen and oxygen atoms in total. The summed E-state index contributed by atoms with van der Waals surface area (Å²) in [6.07, 6.45) is 7.15. The highest BCUT2D eigenvalue weighted by Gasteiger charge is 2.47. The highest BCUT2D eigenvalue weighted by molar-refractivity contribution is 5.26. The van der Waals surface area contributed by atoms with Gasteiger partial charge >= 0.3 is 0 Å². The van der Waals surface area contributed by atoms with Crippen molar-refractivity contribution in [2.45, 2.75) is 6.17 Å². The van der Waals surface area contributed by atoms with Gasteiger partial charge in [0.25, 0.3) is 0 Å². The third-order valence-electron chi connectivity index (χ3n) is 1.82. The molecule has 42 valence electrons. The number of alkyl halides is 1. The normalized spacial score (nSPS) is 48.9. The first-order valence-electron chi connectivity index (χ1n) is 2.88. The second-order valence-electron chi connectivity index (χ2n) is 2.37. The van der Waals surface area contributed by atoms with Gasteiger partial charge in [-0.2, -0.15) is 0 Å². The summed E-state index contributed by atoms with van der Waals surface area (Å²) in [5.74, 6) is 0.472. The van der Waals surface area contributed by atoms with Crippen LogP contribution >= 0.6 is 0 Å². The van der Waals surface area contributed by atoms with E-state index in [0.29, 0.717) is 0 Å². The molecule has 2 rings (SSSR count). The van der Waals surface area contributed by atoms with Gasteiger partial charge in [0.2, 0.25) is 0 Å². The van der Waals surface area contributed by atoms with Crippen molar-refractivity contribution in [1.29, 1.82) is 0 Å². The first-order valence-corrected chi connectivity index (χ1v) is 2.88. The van der Waals surface area contributed by atoms with Crippen LogP contribution in [0.4, 0.5) is 4.39 Å². The van der Waals surface area contributed by atoms with E-state index in [1.165, 1.54) is 0 Å². The molecule has 0 N–H and O–H groups in total. The zero-order chi connectivity index (χ0) is 5.56. The first-order chi connectivity index (χ1) is 3.89. The van der Waals surface area contributed by atoms with Crippen molar-refractivity contribution >= 4 is 0 Å². The number of halogens is 1. The van der Waals surface area contributed by atoms with Crippen LogP contribution in [0.1, 0.15) is 0 Å². The molecule has 1 unspecified atom stereocenters. The second kappa shape index (κ2) is 1.22. The Morgan fingerprint density at radius 1 is 1.00 bits per heavy atom. The van der Waals surface area contributed by atoms with Crippen LogP contribution in [-0.2, 0) is 0 Å². The lowest BCUT2D eigenvalue weighted by molar-refractivity contribution is 0.452. The molecule has 0 aromatic carbocycles. The molecular formula is C7H7F. The van der Waals surface area contributed by atoms with Gasteiger partial charge in [0.15, 0.2) is 0 Å². The summed E-state index contributed by atoms with van der Waals surface area (Å²) < 4.78 is 12.4. The van der Waals surface area contributed by atoms with Crippen molar-refractivity contribution in [1.82, 2.24) is 0 Å². The Labute approximate surface area is 47.7 Å². The molecule has 0 aromatic rings. The predicted octanol–water partition coefficient (Wildman–Crippen LogP) is 1.70. The molecule has 0 heterocycles. The fraction of sp³-hybridized carbons (Fsp3) is 0.429. The standard InChI is InChI=1S/C7H7F/c8-7-5-3-1-2-4-6(5)7/h1-7H/t5-,6+,7?. The molecule has 0 aliphatic heterocycles. The maximum absolute atomic E-state index is 12.4. The van der Waals surface area contributed by atoms with Crippen molar-refractivity contribution < 1.29 is 4.39 Å². The lowest BCUT2D eigenvalue weighted by atomic mass is 10.2. The monoisotopic (exact) mass is 110 g/mol. The van der Waals surface area contributed by atoms with E-state index in [9.17, 15) is 4.39 Å². The van der Waals surface area contributed by atoms with Gasteiger partial charge in [-0.25, -0.2) is 4.39 Å². The van der Waals surface area contributed by atoms with Gasteiger partial charge in [0.1, 0.15) is 6.17 Å². The van der Waals surface area contributed by atoms with E-state index in [0.717, 1.165) is 0 Å². The van der Waals surface area contributed by atoms with Crippen LogP contribution in [0, 0.1) is 11.8 Å². The van der Waals surface area contributed by atoms with Crippen molar-refractivity contribution in [3.05, 3.63) is 24.3 Å². The molecular weight excluding hydrogens is 103 g/mol. The third kappa shape index (κ3) is 0.391. The Morgan fingerprint density at radius 2 is 1.50 bits per heavy atom. The van der Waals surface area contributed by atoms with Crippen molar-refractivity contribution in [3.8, 4) is 0 Å². The Balaban J connectivity index is 2.23. The molecule has 2 aliphatic rings. The fourth-order valence-corrected chi connectivity index (χ4v) is 1.17. The predicted molar refractivity (Wildman–Crippen MR) is 30.2 cm³/mol. The zero-order valence-electron chi connectivity index (χ0n) is 4.42. The Hall–Kier alpha value is -0.590. The Morgan fingerprint density at radius 3 is 1.88 bits per heavy atom. The van der Waals surface area contributed by atoms with Crippen molar-refractivity contribution in [2.24, 2.45) is 11.8 Å². The summed E-state index contributed by atoms with van der Waals surface area (Å²) >= 11 is 0. The van der Waals surface area contributed by atoms with Gasteiger partial charge < -0.3 is 0 Å². The van der Waals surface area contributed by atoms with Crippen molar-refractivity contribution in [3.63, 3.8) is 0 Å². The van der Waals surface area contributed by atoms with Crippen LogP contribution in [0.3, 0.4) is 0 Å². The topological polar surface area (TPSA) is 0 Å². The minimum atomic E-state index is -0.565. The summed E-state index contributed by atoms with van der Waals surface area (Å²) in [5, 5.41) is 0. The molecule has 8 heavy (non-hydrogen) atoms. The highest BCUT2D eigenvalue weighted by Crippen LogP contribution is 2.45. The van der Waals surface area contributed by atoms with Crippen LogP contribution in [0.15, 0.2) is 24.3 Å². The zero-order valence-corrected chi connectivity index (χ0v) is 4.42. The van der Waals surface area contributed by atoms with E-state index in [1.54, 1.807) is 0 Å². The lowest BCUT2D eigenvalue weighted by Crippen LogP contribution is -1.74. The number of rotatable bonds is 0. The van der Waals surface area contributed by atoms with Gasteiger partial charge in [-0.3, -0.25) is 0 Å². The van der Waals surface area contributed by atoms with E-state index >= 15 is 0 Å². The molecule has 0 spiro atoms. The summed E-state index contributed by atoms with van der Waals surface area (Å²) in [6, 6.07) is 0. The van der Waals surface area contributed by atoms with Crippen LogP contribution in [0.5, 0.6) is 0 Å². The molecule has 0 bridgehead atoms. The van der Waals surface area contributed by atoms with Crippen LogP contribution < -0.4 is 0 Å². The molecule has 1 heteroatoms. The largest absolute Gasteiger partial charge is 0.246 e. The molecule has 0 radical (unpaired) electrons. The van der Waals surface area contributed by atoms with Gasteiger partial charge in [-0.1, -0.05) is 24.3 Å². The molecule has 0 amide bonds.